The van der Waals surface area contributed by atoms with Gasteiger partial charge in [-0.15, -0.1) is 0 Å². The summed E-state index contributed by atoms with van der Waals surface area (Å²) in [5.41, 5.74) is 8.22. The molecule has 2 N–H and O–H groups in total. The maximum atomic E-state index is 12.6. The smallest absolute Gasteiger partial charge is 0.253 e. The highest BCUT2D eigenvalue weighted by molar-refractivity contribution is 5.95. The van der Waals surface area contributed by atoms with Crippen molar-refractivity contribution in [3.05, 3.63) is 29.3 Å². The lowest BCUT2D eigenvalue weighted by molar-refractivity contribution is 0.0647. The number of hydrogen-bond acceptors (Lipinski definition) is 3. The SMILES string of the molecule is CCN1CCC(N(C)C(=O)c2cc(C)cc(N)c2)CC1. The molecule has 4 heteroatoms. The van der Waals surface area contributed by atoms with E-state index < -0.39 is 0 Å². The molecule has 1 aliphatic rings. The zero-order chi connectivity index (χ0) is 14.7. The molecule has 1 fully saturated rings. The molecule has 1 saturated heterocycles. The molecule has 20 heavy (non-hydrogen) atoms. The summed E-state index contributed by atoms with van der Waals surface area (Å²) in [7, 11) is 1.91. The minimum atomic E-state index is 0.0790. The molecule has 1 aromatic rings. The Morgan fingerprint density at radius 3 is 2.55 bits per heavy atom. The Labute approximate surface area is 121 Å². The largest absolute Gasteiger partial charge is 0.399 e. The summed E-state index contributed by atoms with van der Waals surface area (Å²) in [5.74, 6) is 0.0790. The molecule has 4 nitrogen and oxygen atoms in total. The molecule has 0 spiro atoms. The first kappa shape index (κ1) is 14.9. The number of aryl methyl sites for hydroxylation is 1. The van der Waals surface area contributed by atoms with Gasteiger partial charge >= 0.3 is 0 Å². The summed E-state index contributed by atoms with van der Waals surface area (Å²) in [6.07, 6.45) is 2.11. The normalized spacial score (nSPS) is 17.1. The van der Waals surface area contributed by atoms with Gasteiger partial charge in [0.05, 0.1) is 0 Å². The fourth-order valence-corrected chi connectivity index (χ4v) is 2.93. The predicted molar refractivity (Wildman–Crippen MR) is 82.8 cm³/mol. The van der Waals surface area contributed by atoms with Crippen LogP contribution in [0.3, 0.4) is 0 Å². The molecule has 1 aliphatic heterocycles. The van der Waals surface area contributed by atoms with Crippen molar-refractivity contribution >= 4 is 11.6 Å². The van der Waals surface area contributed by atoms with Crippen molar-refractivity contribution in [2.24, 2.45) is 0 Å². The summed E-state index contributed by atoms with van der Waals surface area (Å²) in [4.78, 5) is 16.9. The van der Waals surface area contributed by atoms with Gasteiger partial charge in [-0.1, -0.05) is 6.92 Å². The van der Waals surface area contributed by atoms with Crippen LogP contribution in [0.25, 0.3) is 0 Å². The third kappa shape index (κ3) is 3.31. The Bertz CT molecular complexity index is 458. The van der Waals surface area contributed by atoms with Crippen molar-refractivity contribution in [2.45, 2.75) is 32.7 Å². The topological polar surface area (TPSA) is 49.6 Å². The summed E-state index contributed by atoms with van der Waals surface area (Å²) in [5, 5.41) is 0. The Hall–Kier alpha value is -1.55. The van der Waals surface area contributed by atoms with E-state index in [-0.39, 0.29) is 5.91 Å². The van der Waals surface area contributed by atoms with Gasteiger partial charge in [0.1, 0.15) is 0 Å². The zero-order valence-electron chi connectivity index (χ0n) is 12.7. The summed E-state index contributed by atoms with van der Waals surface area (Å²) >= 11 is 0. The maximum absolute atomic E-state index is 12.6. The second kappa shape index (κ2) is 6.27. The predicted octanol–water partition coefficient (Wildman–Crippen LogP) is 2.13. The first-order valence-electron chi connectivity index (χ1n) is 7.38. The molecule has 110 valence electrons. The number of carbonyl (C=O) groups is 1. The van der Waals surface area contributed by atoms with Crippen molar-refractivity contribution < 1.29 is 4.79 Å². The van der Waals surface area contributed by atoms with Crippen LogP contribution in [0.1, 0.15) is 35.7 Å². The summed E-state index contributed by atoms with van der Waals surface area (Å²) in [6.45, 7) is 7.40. The molecular weight excluding hydrogens is 250 g/mol. The van der Waals surface area contributed by atoms with Gasteiger partial charge < -0.3 is 15.5 Å². The number of likely N-dealkylation sites (tertiary alicyclic amines) is 1. The van der Waals surface area contributed by atoms with Crippen LogP contribution >= 0.6 is 0 Å². The van der Waals surface area contributed by atoms with Gasteiger partial charge in [0.15, 0.2) is 0 Å². The number of carbonyl (C=O) groups excluding carboxylic acids is 1. The minimum absolute atomic E-state index is 0.0790. The number of rotatable bonds is 3. The monoisotopic (exact) mass is 275 g/mol. The van der Waals surface area contributed by atoms with Crippen molar-refractivity contribution in [1.29, 1.82) is 0 Å². The second-order valence-corrected chi connectivity index (χ2v) is 5.71. The molecule has 1 amide bonds. The Morgan fingerprint density at radius 1 is 1.35 bits per heavy atom. The van der Waals surface area contributed by atoms with E-state index in [0.29, 0.717) is 17.3 Å². The Balaban J connectivity index is 2.05. The van der Waals surface area contributed by atoms with E-state index in [1.54, 1.807) is 6.07 Å². The van der Waals surface area contributed by atoms with Crippen LogP contribution in [-0.4, -0.2) is 48.4 Å². The third-order valence-electron chi connectivity index (χ3n) is 4.22. The van der Waals surface area contributed by atoms with E-state index in [4.69, 9.17) is 5.73 Å². The van der Waals surface area contributed by atoms with Crippen LogP contribution < -0.4 is 5.73 Å². The van der Waals surface area contributed by atoms with Crippen molar-refractivity contribution in [3.63, 3.8) is 0 Å². The molecule has 1 aromatic carbocycles. The number of benzene rings is 1. The van der Waals surface area contributed by atoms with Crippen molar-refractivity contribution in [1.82, 2.24) is 9.80 Å². The lowest BCUT2D eigenvalue weighted by Gasteiger charge is -2.36. The molecule has 0 radical (unpaired) electrons. The third-order valence-corrected chi connectivity index (χ3v) is 4.22. The van der Waals surface area contributed by atoms with Crippen LogP contribution in [-0.2, 0) is 0 Å². The number of nitrogens with zero attached hydrogens (tertiary/aromatic N) is 2. The molecule has 0 aliphatic carbocycles. The molecular formula is C16H25N3O. The number of anilines is 1. The number of hydrogen-bond donors (Lipinski definition) is 1. The van der Waals surface area contributed by atoms with Gasteiger partial charge in [-0.05, 0) is 50.1 Å². The quantitative estimate of drug-likeness (QED) is 0.860. The molecule has 2 rings (SSSR count). The summed E-state index contributed by atoms with van der Waals surface area (Å²) in [6, 6.07) is 5.91. The fraction of sp³-hybridized carbons (Fsp3) is 0.562. The number of nitrogens with two attached hydrogens (primary N) is 1. The first-order valence-corrected chi connectivity index (χ1v) is 7.38. The number of piperidine rings is 1. The highest BCUT2D eigenvalue weighted by atomic mass is 16.2. The number of amides is 1. The zero-order valence-corrected chi connectivity index (χ0v) is 12.7. The van der Waals surface area contributed by atoms with E-state index in [1.165, 1.54) is 0 Å². The average Bonchev–Trinajstić information content (AvgIpc) is 2.45. The molecule has 0 aromatic heterocycles. The lowest BCUT2D eigenvalue weighted by atomic mass is 10.0. The van der Waals surface area contributed by atoms with Crippen LogP contribution in [0.2, 0.25) is 0 Å². The van der Waals surface area contributed by atoms with E-state index in [0.717, 1.165) is 38.0 Å². The Kier molecular flexibility index (Phi) is 4.65. The minimum Gasteiger partial charge on any atom is -0.399 e. The van der Waals surface area contributed by atoms with Crippen LogP contribution in [0, 0.1) is 6.92 Å². The van der Waals surface area contributed by atoms with Gasteiger partial charge in [0, 0.05) is 37.4 Å². The van der Waals surface area contributed by atoms with Crippen molar-refractivity contribution in [3.8, 4) is 0 Å². The van der Waals surface area contributed by atoms with Crippen molar-refractivity contribution in [2.75, 3.05) is 32.4 Å². The van der Waals surface area contributed by atoms with E-state index in [2.05, 4.69) is 11.8 Å². The lowest BCUT2D eigenvalue weighted by Crippen LogP contribution is -2.45. The van der Waals surface area contributed by atoms with Gasteiger partial charge in [-0.2, -0.15) is 0 Å². The highest BCUT2D eigenvalue weighted by Gasteiger charge is 2.25. The molecule has 0 atom stereocenters. The van der Waals surface area contributed by atoms with Gasteiger partial charge in [-0.3, -0.25) is 4.79 Å². The van der Waals surface area contributed by atoms with Gasteiger partial charge in [0.2, 0.25) is 0 Å². The molecule has 0 unspecified atom stereocenters. The van der Waals surface area contributed by atoms with Crippen LogP contribution in [0.5, 0.6) is 0 Å². The number of nitrogen functional groups attached to an aromatic ring is 1. The molecule has 0 bridgehead atoms. The molecule has 0 saturated carbocycles. The standard InChI is InChI=1S/C16H25N3O/c1-4-19-7-5-15(6-8-19)18(3)16(20)13-9-12(2)10-14(17)11-13/h9-11,15H,4-8,17H2,1-3H3. The van der Waals surface area contributed by atoms with E-state index in [1.807, 2.05) is 31.0 Å². The van der Waals surface area contributed by atoms with Gasteiger partial charge in [0.25, 0.3) is 5.91 Å². The van der Waals surface area contributed by atoms with Crippen LogP contribution in [0.4, 0.5) is 5.69 Å². The average molecular weight is 275 g/mol. The maximum Gasteiger partial charge on any atom is 0.253 e. The Morgan fingerprint density at radius 2 is 2.00 bits per heavy atom. The van der Waals surface area contributed by atoms with Gasteiger partial charge in [-0.25, -0.2) is 0 Å². The summed E-state index contributed by atoms with van der Waals surface area (Å²) < 4.78 is 0. The van der Waals surface area contributed by atoms with E-state index >= 15 is 0 Å². The van der Waals surface area contributed by atoms with Crippen LogP contribution in [0.15, 0.2) is 18.2 Å². The molecule has 1 heterocycles. The first-order chi connectivity index (χ1) is 9.51. The fourth-order valence-electron chi connectivity index (χ4n) is 2.93. The highest BCUT2D eigenvalue weighted by Crippen LogP contribution is 2.19. The van der Waals surface area contributed by atoms with E-state index in [9.17, 15) is 4.79 Å². The second-order valence-electron chi connectivity index (χ2n) is 5.71.